The van der Waals surface area contributed by atoms with E-state index in [0.29, 0.717) is 11.7 Å². The fourth-order valence-electron chi connectivity index (χ4n) is 2.46. The van der Waals surface area contributed by atoms with Crippen molar-refractivity contribution in [3.8, 4) is 28.5 Å². The lowest BCUT2D eigenvalue weighted by Gasteiger charge is -2.00. The summed E-state index contributed by atoms with van der Waals surface area (Å²) in [6, 6.07) is 9.69. The van der Waals surface area contributed by atoms with Crippen molar-refractivity contribution in [2.24, 2.45) is 0 Å². The molecule has 3 aromatic heterocycles. The van der Waals surface area contributed by atoms with Crippen molar-refractivity contribution in [2.75, 3.05) is 0 Å². The Bertz CT molecular complexity index is 976. The van der Waals surface area contributed by atoms with Crippen LogP contribution in [0.2, 0.25) is 0 Å². The van der Waals surface area contributed by atoms with Crippen LogP contribution in [0.15, 0.2) is 64.2 Å². The predicted octanol–water partition coefficient (Wildman–Crippen LogP) is 4.06. The van der Waals surface area contributed by atoms with Crippen molar-refractivity contribution in [3.05, 3.63) is 65.5 Å². The van der Waals surface area contributed by atoms with Crippen LogP contribution in [0, 0.1) is 6.92 Å². The van der Waals surface area contributed by atoms with E-state index in [1.165, 1.54) is 0 Å². The van der Waals surface area contributed by atoms with Gasteiger partial charge in [0.15, 0.2) is 0 Å². The minimum Gasteiger partial charge on any atom is -0.360 e. The molecule has 4 rings (SSSR count). The van der Waals surface area contributed by atoms with E-state index in [-0.39, 0.29) is 0 Å². The predicted molar refractivity (Wildman–Crippen MR) is 92.5 cm³/mol. The van der Waals surface area contributed by atoms with Gasteiger partial charge in [0.1, 0.15) is 17.8 Å². The van der Waals surface area contributed by atoms with Crippen LogP contribution in [0.1, 0.15) is 5.76 Å². The molecule has 0 N–H and O–H groups in total. The van der Waals surface area contributed by atoms with Gasteiger partial charge in [0, 0.05) is 28.6 Å². The van der Waals surface area contributed by atoms with E-state index in [1.54, 1.807) is 29.4 Å². The molecule has 0 aliphatic heterocycles. The third-order valence-electron chi connectivity index (χ3n) is 3.60. The fourth-order valence-corrected chi connectivity index (χ4v) is 2.73. The van der Waals surface area contributed by atoms with Gasteiger partial charge < -0.3 is 4.52 Å². The van der Waals surface area contributed by atoms with Gasteiger partial charge in [-0.2, -0.15) is 0 Å². The van der Waals surface area contributed by atoms with Crippen molar-refractivity contribution in [3.63, 3.8) is 0 Å². The van der Waals surface area contributed by atoms with Crippen molar-refractivity contribution in [2.45, 2.75) is 6.92 Å². The Labute approximate surface area is 146 Å². The third kappa shape index (κ3) is 2.63. The first-order valence-corrected chi connectivity index (χ1v) is 8.05. The summed E-state index contributed by atoms with van der Waals surface area (Å²) in [5.74, 6) is 1.28. The maximum Gasteiger partial charge on any atom is 0.234 e. The van der Waals surface area contributed by atoms with Crippen LogP contribution in [-0.2, 0) is 0 Å². The smallest absolute Gasteiger partial charge is 0.234 e. The Kier molecular flexibility index (Phi) is 3.70. The zero-order chi connectivity index (χ0) is 16.5. The molecule has 0 saturated heterocycles. The number of nitrogens with zero attached hydrogens (tertiary/aromatic N) is 5. The molecule has 0 spiro atoms. The van der Waals surface area contributed by atoms with Crippen LogP contribution in [0.3, 0.4) is 0 Å². The van der Waals surface area contributed by atoms with Crippen molar-refractivity contribution in [1.29, 1.82) is 0 Å². The minimum atomic E-state index is 0.565. The largest absolute Gasteiger partial charge is 0.360 e. The Balaban J connectivity index is 1.79. The van der Waals surface area contributed by atoms with Gasteiger partial charge in [0.05, 0.1) is 11.3 Å². The fraction of sp³-hybridized carbons (Fsp3) is 0.0588. The molecule has 7 heteroatoms. The van der Waals surface area contributed by atoms with Crippen molar-refractivity contribution >= 4 is 15.9 Å². The standard InChI is InChI=1S/C17H12BrN5O/c1-11-15(16(22-24-11)12-3-5-13(18)6-4-12)14-9-23(10-21-14)17-19-7-2-8-20-17/h2-10H,1H3. The van der Waals surface area contributed by atoms with E-state index in [1.807, 2.05) is 37.4 Å². The average molecular weight is 382 g/mol. The molecule has 0 aliphatic carbocycles. The Hall–Kier alpha value is -2.80. The van der Waals surface area contributed by atoms with Gasteiger partial charge in [0.25, 0.3) is 0 Å². The van der Waals surface area contributed by atoms with E-state index in [4.69, 9.17) is 4.52 Å². The Morgan fingerprint density at radius 3 is 2.54 bits per heavy atom. The normalized spacial score (nSPS) is 10.9. The molecule has 0 unspecified atom stereocenters. The highest BCUT2D eigenvalue weighted by Crippen LogP contribution is 2.33. The highest BCUT2D eigenvalue weighted by atomic mass is 79.9. The topological polar surface area (TPSA) is 69.6 Å². The zero-order valence-corrected chi connectivity index (χ0v) is 14.3. The lowest BCUT2D eigenvalue weighted by Crippen LogP contribution is -1.96. The summed E-state index contributed by atoms with van der Waals surface area (Å²) in [5.41, 5.74) is 3.36. The molecule has 0 saturated carbocycles. The first kappa shape index (κ1) is 14.8. The minimum absolute atomic E-state index is 0.565. The van der Waals surface area contributed by atoms with Gasteiger partial charge in [0.2, 0.25) is 5.95 Å². The van der Waals surface area contributed by atoms with Gasteiger partial charge in [-0.3, -0.25) is 4.57 Å². The lowest BCUT2D eigenvalue weighted by atomic mass is 10.0. The SMILES string of the molecule is Cc1onc(-c2ccc(Br)cc2)c1-c1cn(-c2ncccn2)cn1. The van der Waals surface area contributed by atoms with E-state index >= 15 is 0 Å². The Morgan fingerprint density at radius 2 is 1.79 bits per heavy atom. The molecule has 1 aromatic carbocycles. The molecule has 0 radical (unpaired) electrons. The molecule has 0 fully saturated rings. The highest BCUT2D eigenvalue weighted by molar-refractivity contribution is 9.10. The van der Waals surface area contributed by atoms with Crippen LogP contribution < -0.4 is 0 Å². The summed E-state index contributed by atoms with van der Waals surface area (Å²) in [6.45, 7) is 1.88. The van der Waals surface area contributed by atoms with Crippen LogP contribution in [0.4, 0.5) is 0 Å². The van der Waals surface area contributed by atoms with E-state index in [2.05, 4.69) is 36.0 Å². The first-order chi connectivity index (χ1) is 11.7. The van der Waals surface area contributed by atoms with Gasteiger partial charge >= 0.3 is 0 Å². The van der Waals surface area contributed by atoms with Crippen LogP contribution in [-0.4, -0.2) is 24.7 Å². The number of hydrogen-bond donors (Lipinski definition) is 0. The second-order valence-corrected chi connectivity index (χ2v) is 6.10. The van der Waals surface area contributed by atoms with Gasteiger partial charge in [-0.05, 0) is 25.1 Å². The molecule has 0 bridgehead atoms. The summed E-state index contributed by atoms with van der Waals surface area (Å²) in [5, 5.41) is 4.20. The van der Waals surface area contributed by atoms with Crippen molar-refractivity contribution < 1.29 is 4.52 Å². The average Bonchev–Trinajstić information content (AvgIpc) is 3.23. The van der Waals surface area contributed by atoms with Gasteiger partial charge in [-0.25, -0.2) is 15.0 Å². The Morgan fingerprint density at radius 1 is 1.04 bits per heavy atom. The molecule has 24 heavy (non-hydrogen) atoms. The number of hydrogen-bond acceptors (Lipinski definition) is 5. The number of rotatable bonds is 3. The van der Waals surface area contributed by atoms with Crippen LogP contribution in [0.25, 0.3) is 28.5 Å². The van der Waals surface area contributed by atoms with Gasteiger partial charge in [-0.1, -0.05) is 33.2 Å². The summed E-state index contributed by atoms with van der Waals surface area (Å²) in [6.07, 6.45) is 6.94. The summed E-state index contributed by atoms with van der Waals surface area (Å²) < 4.78 is 8.19. The summed E-state index contributed by atoms with van der Waals surface area (Å²) in [7, 11) is 0. The third-order valence-corrected chi connectivity index (χ3v) is 4.13. The number of aromatic nitrogens is 5. The maximum absolute atomic E-state index is 5.41. The van der Waals surface area contributed by atoms with E-state index in [9.17, 15) is 0 Å². The lowest BCUT2D eigenvalue weighted by molar-refractivity contribution is 0.400. The second-order valence-electron chi connectivity index (χ2n) is 5.18. The molecule has 0 atom stereocenters. The maximum atomic E-state index is 5.41. The highest BCUT2D eigenvalue weighted by Gasteiger charge is 2.19. The summed E-state index contributed by atoms with van der Waals surface area (Å²) >= 11 is 3.44. The molecule has 3 heterocycles. The van der Waals surface area contributed by atoms with Crippen molar-refractivity contribution in [1.82, 2.24) is 24.7 Å². The molecule has 6 nitrogen and oxygen atoms in total. The molecule has 4 aromatic rings. The molecular formula is C17H12BrN5O. The number of imidazole rings is 1. The van der Waals surface area contributed by atoms with Gasteiger partial charge in [-0.15, -0.1) is 0 Å². The number of halogens is 1. The van der Waals surface area contributed by atoms with Crippen LogP contribution in [0.5, 0.6) is 0 Å². The quantitative estimate of drug-likeness (QED) is 0.535. The molecule has 0 amide bonds. The van der Waals surface area contributed by atoms with Crippen LogP contribution >= 0.6 is 15.9 Å². The summed E-state index contributed by atoms with van der Waals surface area (Å²) in [4.78, 5) is 12.9. The second kappa shape index (κ2) is 6.01. The first-order valence-electron chi connectivity index (χ1n) is 7.26. The monoisotopic (exact) mass is 381 g/mol. The molecule has 0 aliphatic rings. The number of aryl methyl sites for hydroxylation is 1. The molecular weight excluding hydrogens is 370 g/mol. The van der Waals surface area contributed by atoms with E-state index in [0.717, 1.165) is 27.0 Å². The number of benzene rings is 1. The molecule has 118 valence electrons. The van der Waals surface area contributed by atoms with E-state index < -0.39 is 0 Å². The zero-order valence-electron chi connectivity index (χ0n) is 12.7.